The first-order valence-electron chi connectivity index (χ1n) is 11.3. The van der Waals surface area contributed by atoms with Gasteiger partial charge in [0.05, 0.1) is 31.9 Å². The molecule has 0 aliphatic carbocycles. The van der Waals surface area contributed by atoms with Crippen molar-refractivity contribution in [2.45, 2.75) is 51.9 Å². The molecule has 37 heavy (non-hydrogen) atoms. The molecule has 0 spiro atoms. The largest absolute Gasteiger partial charge is 0.508 e. The second-order valence-electron chi connectivity index (χ2n) is 10.3. The molecule has 0 aromatic heterocycles. The molecule has 0 heterocycles. The summed E-state index contributed by atoms with van der Waals surface area (Å²) >= 11 is 0. The number of hydrogen-bond donors (Lipinski definition) is 5. The van der Waals surface area contributed by atoms with Crippen LogP contribution in [0, 0.1) is 0 Å². The highest BCUT2D eigenvalue weighted by molar-refractivity contribution is 7.73. The monoisotopic (exact) mass is 562 g/mol. The summed E-state index contributed by atoms with van der Waals surface area (Å²) in [4.78, 5) is 0. The van der Waals surface area contributed by atoms with Crippen LogP contribution < -0.4 is 24.8 Å². The van der Waals surface area contributed by atoms with Crippen molar-refractivity contribution in [1.82, 2.24) is 0 Å². The number of phenolic OH excluding ortho intramolecular Hbond substituents is 3. The Morgan fingerprint density at radius 2 is 1.00 bits per heavy atom. The van der Waals surface area contributed by atoms with E-state index in [9.17, 15) is 34.7 Å². The lowest BCUT2D eigenvalue weighted by atomic mass is 10.2. The van der Waals surface area contributed by atoms with E-state index in [2.05, 4.69) is 0 Å². The zero-order chi connectivity index (χ0) is 29.0. The molecule has 0 bridgehead atoms. The molecule has 10 nitrogen and oxygen atoms in total. The smallest absolute Gasteiger partial charge is 0.152 e. The zero-order valence-corrected chi connectivity index (χ0v) is 24.7. The number of rotatable bonds is 7. The van der Waals surface area contributed by atoms with E-state index in [4.69, 9.17) is 14.2 Å². The molecule has 2 unspecified atom stereocenters. The van der Waals surface area contributed by atoms with Gasteiger partial charge in [-0.2, -0.15) is 0 Å². The molecule has 2 atom stereocenters. The summed E-state index contributed by atoms with van der Waals surface area (Å²) in [7, 11) is -2.00. The van der Waals surface area contributed by atoms with Crippen molar-refractivity contribution in [2.24, 2.45) is 0 Å². The molecule has 2 aromatic rings. The molecule has 12 heteroatoms. The van der Waals surface area contributed by atoms with Crippen molar-refractivity contribution >= 4 is 24.9 Å². The van der Waals surface area contributed by atoms with Gasteiger partial charge in [-0.15, -0.1) is 0 Å². The Balaban J connectivity index is 0.000000375. The number of phenols is 3. The van der Waals surface area contributed by atoms with Gasteiger partial charge in [-0.05, 0) is 0 Å². The lowest BCUT2D eigenvalue weighted by Gasteiger charge is -2.32. The predicted octanol–water partition coefficient (Wildman–Crippen LogP) is 3.99. The van der Waals surface area contributed by atoms with E-state index in [0.717, 1.165) is 12.1 Å². The highest BCUT2D eigenvalue weighted by atomic mass is 31.2. The number of benzene rings is 2. The van der Waals surface area contributed by atoms with Crippen LogP contribution >= 0.6 is 14.3 Å². The summed E-state index contributed by atoms with van der Waals surface area (Å²) < 4.78 is 41.9. The van der Waals surface area contributed by atoms with Gasteiger partial charge in [-0.3, -0.25) is 0 Å². The number of hydrogen-bond acceptors (Lipinski definition) is 10. The van der Waals surface area contributed by atoms with E-state index in [1.807, 2.05) is 20.8 Å². The molecule has 0 amide bonds. The van der Waals surface area contributed by atoms with Gasteiger partial charge in [0.25, 0.3) is 0 Å². The Hall–Kier alpha value is -2.38. The van der Waals surface area contributed by atoms with Crippen molar-refractivity contribution < 1.29 is 48.9 Å². The fraction of sp³-hybridized carbons (Fsp3) is 0.520. The molecule has 0 radical (unpaired) electrons. The second kappa shape index (κ2) is 12.0. The third-order valence-electron chi connectivity index (χ3n) is 6.03. The van der Waals surface area contributed by atoms with Crippen LogP contribution in [-0.2, 0) is 9.13 Å². The maximum atomic E-state index is 13.3. The molecule has 5 N–H and O–H groups in total. The molecule has 0 aliphatic heterocycles. The van der Waals surface area contributed by atoms with Gasteiger partial charge in [0.1, 0.15) is 47.2 Å². The number of aliphatic hydroxyl groups excluding tert-OH is 2. The summed E-state index contributed by atoms with van der Waals surface area (Å²) in [5.41, 5.74) is 0. The maximum absolute atomic E-state index is 13.3. The molecule has 0 saturated heterocycles. The lowest BCUT2D eigenvalue weighted by molar-refractivity contribution is 0.351. The first-order chi connectivity index (χ1) is 16.9. The van der Waals surface area contributed by atoms with Crippen LogP contribution in [0.25, 0.3) is 0 Å². The molecule has 0 aliphatic rings. The van der Waals surface area contributed by atoms with Crippen molar-refractivity contribution in [2.75, 3.05) is 34.0 Å². The van der Waals surface area contributed by atoms with Crippen LogP contribution in [0.15, 0.2) is 24.3 Å². The summed E-state index contributed by atoms with van der Waals surface area (Å²) in [6.45, 7) is 10.4. The molecule has 0 fully saturated rings. The first-order valence-corrected chi connectivity index (χ1v) is 15.1. The minimum atomic E-state index is -3.39. The average Bonchev–Trinajstić information content (AvgIpc) is 2.80. The van der Waals surface area contributed by atoms with Crippen LogP contribution in [0.3, 0.4) is 0 Å². The maximum Gasteiger partial charge on any atom is 0.152 e. The third-order valence-corrected chi connectivity index (χ3v) is 13.5. The predicted molar refractivity (Wildman–Crippen MR) is 146 cm³/mol. The topological polar surface area (TPSA) is 163 Å². The Labute approximate surface area is 218 Å². The van der Waals surface area contributed by atoms with E-state index >= 15 is 0 Å². The standard InChI is InChI=1S/C14H23O5P.C11H17O5P/c1-14(2,3)20(16,9-15)13-11(18-5)7-10(17-4)8-12(13)19-6;1-11(2,3)17(16,6-12)10-8(14)4-7(13)5-9(10)15/h7-8,15H,9H2,1-6H3;4-5,12-15H,6H2,1-3H3. The minimum Gasteiger partial charge on any atom is -0.508 e. The van der Waals surface area contributed by atoms with Crippen LogP contribution in [-0.4, -0.2) is 69.9 Å². The normalized spacial score (nSPS) is 15.0. The Bertz CT molecular complexity index is 1130. The highest BCUT2D eigenvalue weighted by Gasteiger charge is 2.43. The van der Waals surface area contributed by atoms with Crippen LogP contribution in [0.1, 0.15) is 41.5 Å². The molecular weight excluding hydrogens is 522 g/mol. The van der Waals surface area contributed by atoms with E-state index in [-0.39, 0.29) is 11.1 Å². The van der Waals surface area contributed by atoms with Gasteiger partial charge in [0, 0.05) is 34.6 Å². The van der Waals surface area contributed by atoms with Gasteiger partial charge in [-0.25, -0.2) is 0 Å². The van der Waals surface area contributed by atoms with Gasteiger partial charge in [0.15, 0.2) is 14.3 Å². The quantitative estimate of drug-likeness (QED) is 0.312. The highest BCUT2D eigenvalue weighted by Crippen LogP contribution is 2.60. The fourth-order valence-corrected chi connectivity index (χ4v) is 7.91. The van der Waals surface area contributed by atoms with Crippen LogP contribution in [0.2, 0.25) is 0 Å². The van der Waals surface area contributed by atoms with Crippen molar-refractivity contribution in [1.29, 1.82) is 0 Å². The fourth-order valence-electron chi connectivity index (χ4n) is 3.54. The zero-order valence-electron chi connectivity index (χ0n) is 22.9. The summed E-state index contributed by atoms with van der Waals surface area (Å²) in [5, 5.41) is 46.5. The Morgan fingerprint density at radius 3 is 1.27 bits per heavy atom. The Kier molecular flexibility index (Phi) is 10.6. The molecule has 2 rings (SSSR count). The minimum absolute atomic E-state index is 0.190. The van der Waals surface area contributed by atoms with Gasteiger partial charge >= 0.3 is 0 Å². The lowest BCUT2D eigenvalue weighted by Crippen LogP contribution is -2.27. The number of aliphatic hydroxyl groups is 2. The average molecular weight is 563 g/mol. The van der Waals surface area contributed by atoms with E-state index in [1.165, 1.54) is 21.3 Å². The summed E-state index contributed by atoms with van der Waals surface area (Å²) in [6, 6.07) is 5.27. The van der Waals surface area contributed by atoms with E-state index in [0.29, 0.717) is 22.6 Å². The van der Waals surface area contributed by atoms with Crippen LogP contribution in [0.5, 0.6) is 34.5 Å². The summed E-state index contributed by atoms with van der Waals surface area (Å²) in [6.07, 6.45) is -1.11. The molecule has 2 aromatic carbocycles. The second-order valence-corrected chi connectivity index (χ2v) is 17.4. The SMILES string of the molecule is CC(C)(C)P(=O)(CO)c1c(O)cc(O)cc1O.COc1cc(OC)c(P(=O)(CO)C(C)(C)C)c(OC)c1. The first kappa shape index (κ1) is 32.6. The molecule has 210 valence electrons. The third kappa shape index (κ3) is 6.55. The van der Waals surface area contributed by atoms with Crippen molar-refractivity contribution in [3.8, 4) is 34.5 Å². The Morgan fingerprint density at radius 1 is 0.649 bits per heavy atom. The number of ether oxygens (including phenoxy) is 3. The van der Waals surface area contributed by atoms with Crippen molar-refractivity contribution in [3.05, 3.63) is 24.3 Å². The molecule has 0 saturated carbocycles. The van der Waals surface area contributed by atoms with Gasteiger partial charge < -0.3 is 48.9 Å². The van der Waals surface area contributed by atoms with Gasteiger partial charge in [-0.1, -0.05) is 41.5 Å². The van der Waals surface area contributed by atoms with Crippen LogP contribution in [0.4, 0.5) is 0 Å². The van der Waals surface area contributed by atoms with Gasteiger partial charge in [0.2, 0.25) is 0 Å². The van der Waals surface area contributed by atoms with Crippen molar-refractivity contribution in [3.63, 3.8) is 0 Å². The number of aromatic hydroxyl groups is 3. The van der Waals surface area contributed by atoms with E-state index < -0.39 is 48.8 Å². The number of methoxy groups -OCH3 is 3. The molecular formula is C25H40O10P2. The summed E-state index contributed by atoms with van der Waals surface area (Å²) in [5.74, 6) is 0.0506. The van der Waals surface area contributed by atoms with E-state index in [1.54, 1.807) is 32.9 Å².